The Hall–Kier alpha value is -1.14. The van der Waals surface area contributed by atoms with Crippen LogP contribution >= 0.6 is 24.8 Å². The molecule has 0 amide bonds. The van der Waals surface area contributed by atoms with Crippen LogP contribution in [0.4, 0.5) is 4.39 Å². The second kappa shape index (κ2) is 8.64. The zero-order valence-electron chi connectivity index (χ0n) is 12.8. The third kappa shape index (κ3) is 4.23. The minimum Gasteiger partial charge on any atom is -0.355 e. The minimum absolute atomic E-state index is 0. The van der Waals surface area contributed by atoms with Crippen molar-refractivity contribution in [3.8, 4) is 0 Å². The van der Waals surface area contributed by atoms with Crippen LogP contribution < -0.4 is 11.2 Å². The van der Waals surface area contributed by atoms with Crippen molar-refractivity contribution in [2.24, 2.45) is 5.73 Å². The van der Waals surface area contributed by atoms with Crippen molar-refractivity contribution in [1.82, 2.24) is 9.88 Å². The highest BCUT2D eigenvalue weighted by Crippen LogP contribution is 2.19. The number of H-pyrrole nitrogens is 1. The van der Waals surface area contributed by atoms with E-state index in [0.29, 0.717) is 30.0 Å². The molecule has 1 fully saturated rings. The summed E-state index contributed by atoms with van der Waals surface area (Å²) >= 11 is 0. The van der Waals surface area contributed by atoms with Crippen LogP contribution in [0, 0.1) is 5.82 Å². The third-order valence-electron chi connectivity index (χ3n) is 4.26. The van der Waals surface area contributed by atoms with Gasteiger partial charge in [0.15, 0.2) is 5.43 Å². The van der Waals surface area contributed by atoms with Crippen LogP contribution in [0.15, 0.2) is 29.1 Å². The van der Waals surface area contributed by atoms with Gasteiger partial charge < -0.3 is 10.7 Å². The molecule has 0 spiro atoms. The number of likely N-dealkylation sites (tertiary alicyclic amines) is 1. The van der Waals surface area contributed by atoms with Gasteiger partial charge in [0.2, 0.25) is 0 Å². The number of rotatable bonds is 3. The number of pyridine rings is 1. The predicted octanol–water partition coefficient (Wildman–Crippen LogP) is 2.82. The molecule has 128 valence electrons. The van der Waals surface area contributed by atoms with E-state index in [9.17, 15) is 9.18 Å². The Labute approximate surface area is 147 Å². The Balaban J connectivity index is 0.00000132. The van der Waals surface area contributed by atoms with Gasteiger partial charge in [-0.1, -0.05) is 12.5 Å². The van der Waals surface area contributed by atoms with Crippen LogP contribution in [0.2, 0.25) is 0 Å². The topological polar surface area (TPSA) is 62.1 Å². The highest BCUT2D eigenvalue weighted by atomic mass is 35.5. The maximum absolute atomic E-state index is 13.9. The van der Waals surface area contributed by atoms with Crippen LogP contribution in [0.25, 0.3) is 10.9 Å². The van der Waals surface area contributed by atoms with Gasteiger partial charge >= 0.3 is 0 Å². The van der Waals surface area contributed by atoms with Gasteiger partial charge in [0, 0.05) is 36.3 Å². The van der Waals surface area contributed by atoms with Gasteiger partial charge in [-0.05, 0) is 31.5 Å². The number of nitrogens with zero attached hydrogens (tertiary/aromatic N) is 1. The lowest BCUT2D eigenvalue weighted by molar-refractivity contribution is 0.143. The molecule has 0 saturated carbocycles. The van der Waals surface area contributed by atoms with E-state index in [4.69, 9.17) is 5.73 Å². The lowest BCUT2D eigenvalue weighted by Crippen LogP contribution is -2.43. The highest BCUT2D eigenvalue weighted by molar-refractivity contribution is 5.85. The first-order valence-electron chi connectivity index (χ1n) is 7.43. The van der Waals surface area contributed by atoms with Crippen molar-refractivity contribution in [3.63, 3.8) is 0 Å². The van der Waals surface area contributed by atoms with Gasteiger partial charge in [-0.15, -0.1) is 24.8 Å². The fourth-order valence-corrected chi connectivity index (χ4v) is 3.13. The van der Waals surface area contributed by atoms with Crippen molar-refractivity contribution in [1.29, 1.82) is 0 Å². The average molecular weight is 362 g/mol. The molecule has 3 N–H and O–H groups in total. The van der Waals surface area contributed by atoms with Gasteiger partial charge in [0.05, 0.1) is 5.52 Å². The molecule has 3 rings (SSSR count). The highest BCUT2D eigenvalue weighted by Gasteiger charge is 2.21. The van der Waals surface area contributed by atoms with Crippen LogP contribution in [0.5, 0.6) is 0 Å². The molecule has 7 heteroatoms. The average Bonchev–Trinajstić information content (AvgIpc) is 2.49. The van der Waals surface area contributed by atoms with Gasteiger partial charge in [-0.3, -0.25) is 9.69 Å². The molecule has 23 heavy (non-hydrogen) atoms. The molecule has 1 atom stereocenters. The van der Waals surface area contributed by atoms with E-state index in [0.717, 1.165) is 25.1 Å². The van der Waals surface area contributed by atoms with E-state index in [2.05, 4.69) is 9.88 Å². The van der Waals surface area contributed by atoms with Gasteiger partial charge in [0.25, 0.3) is 0 Å². The standard InChI is InChI=1S/C16H20FN3O.2ClH/c17-14-6-3-5-13-15(21)8-11(19-16(13)14)10-20-7-2-1-4-12(20)9-18;;/h3,5-6,8,12H,1-2,4,7,9-10,18H2,(H,19,21);2*1H. The number of hydrogen-bond acceptors (Lipinski definition) is 3. The molecule has 1 saturated heterocycles. The van der Waals surface area contributed by atoms with Crippen LogP contribution in [0.1, 0.15) is 25.0 Å². The lowest BCUT2D eigenvalue weighted by atomic mass is 10.0. The normalized spacial score (nSPS) is 18.3. The number of piperidine rings is 1. The monoisotopic (exact) mass is 361 g/mol. The van der Waals surface area contributed by atoms with E-state index < -0.39 is 0 Å². The number of aromatic nitrogens is 1. The second-order valence-electron chi connectivity index (χ2n) is 5.68. The lowest BCUT2D eigenvalue weighted by Gasteiger charge is -2.34. The number of para-hydroxylation sites is 1. The SMILES string of the molecule is Cl.Cl.NCC1CCCCN1Cc1cc(=O)c2cccc(F)c2[nH]1. The molecule has 0 aliphatic carbocycles. The van der Waals surface area contributed by atoms with E-state index >= 15 is 0 Å². The molecule has 1 aromatic carbocycles. The van der Waals surface area contributed by atoms with E-state index in [-0.39, 0.29) is 36.1 Å². The Morgan fingerprint density at radius 3 is 2.83 bits per heavy atom. The zero-order chi connectivity index (χ0) is 14.8. The summed E-state index contributed by atoms with van der Waals surface area (Å²) in [4.78, 5) is 17.5. The van der Waals surface area contributed by atoms with E-state index in [1.807, 2.05) is 0 Å². The first-order chi connectivity index (χ1) is 10.2. The van der Waals surface area contributed by atoms with Crippen LogP contribution in [-0.4, -0.2) is 29.0 Å². The zero-order valence-corrected chi connectivity index (χ0v) is 14.4. The Morgan fingerprint density at radius 1 is 1.30 bits per heavy atom. The summed E-state index contributed by atoms with van der Waals surface area (Å²) in [5.41, 5.74) is 6.72. The number of fused-ring (bicyclic) bond motifs is 1. The maximum Gasteiger partial charge on any atom is 0.189 e. The van der Waals surface area contributed by atoms with E-state index in [1.54, 1.807) is 18.2 Å². The third-order valence-corrected chi connectivity index (χ3v) is 4.26. The molecule has 4 nitrogen and oxygen atoms in total. The van der Waals surface area contributed by atoms with Crippen molar-refractivity contribution in [2.75, 3.05) is 13.1 Å². The molecule has 1 aliphatic rings. The molecule has 1 aromatic heterocycles. The Kier molecular flexibility index (Phi) is 7.48. The predicted molar refractivity (Wildman–Crippen MR) is 96.1 cm³/mol. The van der Waals surface area contributed by atoms with Crippen LogP contribution in [-0.2, 0) is 6.54 Å². The molecule has 1 aliphatic heterocycles. The molecule has 1 unspecified atom stereocenters. The summed E-state index contributed by atoms with van der Waals surface area (Å²) in [5.74, 6) is -0.388. The summed E-state index contributed by atoms with van der Waals surface area (Å²) in [6.45, 7) is 2.20. The van der Waals surface area contributed by atoms with Gasteiger partial charge in [0.1, 0.15) is 5.82 Å². The Bertz CT molecular complexity index is 707. The molecule has 0 radical (unpaired) electrons. The molecular weight excluding hydrogens is 340 g/mol. The van der Waals surface area contributed by atoms with Gasteiger partial charge in [-0.2, -0.15) is 0 Å². The van der Waals surface area contributed by atoms with Crippen molar-refractivity contribution in [3.05, 3.63) is 46.0 Å². The largest absolute Gasteiger partial charge is 0.355 e. The maximum atomic E-state index is 13.9. The molecule has 0 bridgehead atoms. The fraction of sp³-hybridized carbons (Fsp3) is 0.438. The molecular formula is C16H22Cl2FN3O. The summed E-state index contributed by atoms with van der Waals surface area (Å²) in [6, 6.07) is 6.49. The number of hydrogen-bond donors (Lipinski definition) is 2. The quantitative estimate of drug-likeness (QED) is 0.883. The van der Waals surface area contributed by atoms with Crippen molar-refractivity contribution >= 4 is 35.7 Å². The van der Waals surface area contributed by atoms with Crippen molar-refractivity contribution in [2.45, 2.75) is 31.8 Å². The second-order valence-corrected chi connectivity index (χ2v) is 5.68. The van der Waals surface area contributed by atoms with Gasteiger partial charge in [-0.25, -0.2) is 4.39 Å². The first-order valence-corrected chi connectivity index (χ1v) is 7.43. The molecule has 2 aromatic rings. The number of benzene rings is 1. The van der Waals surface area contributed by atoms with Crippen LogP contribution in [0.3, 0.4) is 0 Å². The summed E-state index contributed by atoms with van der Waals surface area (Å²) in [5, 5.41) is 0.396. The summed E-state index contributed by atoms with van der Waals surface area (Å²) < 4.78 is 13.9. The first kappa shape index (κ1) is 19.9. The fourth-order valence-electron chi connectivity index (χ4n) is 3.13. The summed E-state index contributed by atoms with van der Waals surface area (Å²) in [6.07, 6.45) is 3.42. The van der Waals surface area contributed by atoms with Crippen molar-refractivity contribution < 1.29 is 4.39 Å². The number of aromatic amines is 1. The minimum atomic E-state index is -0.388. The summed E-state index contributed by atoms with van der Waals surface area (Å²) in [7, 11) is 0. The number of nitrogens with two attached hydrogens (primary N) is 1. The Morgan fingerprint density at radius 2 is 2.09 bits per heavy atom. The smallest absolute Gasteiger partial charge is 0.189 e. The molecule has 2 heterocycles. The number of halogens is 3. The number of nitrogens with one attached hydrogen (secondary N) is 1. The van der Waals surface area contributed by atoms with E-state index in [1.165, 1.54) is 12.5 Å².